The molecular formula is C24H19N3O3. The zero-order valence-electron chi connectivity index (χ0n) is 16.1. The molecule has 3 amide bonds. The van der Waals surface area contributed by atoms with E-state index in [0.717, 1.165) is 32.1 Å². The summed E-state index contributed by atoms with van der Waals surface area (Å²) < 4.78 is 0. The molecule has 30 heavy (non-hydrogen) atoms. The van der Waals surface area contributed by atoms with Gasteiger partial charge in [-0.15, -0.1) is 0 Å². The lowest BCUT2D eigenvalue weighted by atomic mass is 10.0. The van der Waals surface area contributed by atoms with Crippen molar-refractivity contribution in [3.05, 3.63) is 84.1 Å². The highest BCUT2D eigenvalue weighted by atomic mass is 16.2. The zero-order chi connectivity index (χ0) is 20.7. The Morgan fingerprint density at radius 1 is 0.900 bits per heavy atom. The second-order valence-electron chi connectivity index (χ2n) is 7.44. The van der Waals surface area contributed by atoms with E-state index < -0.39 is 12.1 Å². The molecule has 0 aliphatic carbocycles. The summed E-state index contributed by atoms with van der Waals surface area (Å²) in [5, 5.41) is 5.50. The second-order valence-corrected chi connectivity index (χ2v) is 7.44. The smallest absolute Gasteiger partial charge is 0.325 e. The zero-order valence-corrected chi connectivity index (χ0v) is 16.1. The molecule has 1 saturated heterocycles. The molecule has 3 aromatic carbocycles. The van der Waals surface area contributed by atoms with Gasteiger partial charge in [0.2, 0.25) is 0 Å². The third-order valence-corrected chi connectivity index (χ3v) is 5.60. The number of urea groups is 1. The van der Waals surface area contributed by atoms with Crippen LogP contribution >= 0.6 is 0 Å². The molecule has 2 N–H and O–H groups in total. The number of aromatic nitrogens is 1. The molecule has 148 valence electrons. The van der Waals surface area contributed by atoms with Crippen LogP contribution in [0.1, 0.15) is 15.9 Å². The number of ketones is 1. The predicted octanol–water partition coefficient (Wildman–Crippen LogP) is 3.67. The standard InChI is InChI=1S/C24H19N3O3/c28-22(19-10-5-7-15-6-1-2-8-17(15)19)14-27-23(29)21(26-24(27)30)12-16-13-25-20-11-4-3-9-18(16)20/h1-11,13,21,25H,12,14H2,(H,26,30)/t21-/m1/s1. The number of nitrogens with one attached hydrogen (secondary N) is 2. The Morgan fingerprint density at radius 2 is 1.63 bits per heavy atom. The number of Topliss-reactive ketones (excluding diaryl/α,β-unsaturated/α-hetero) is 1. The van der Waals surface area contributed by atoms with Gasteiger partial charge >= 0.3 is 6.03 Å². The van der Waals surface area contributed by atoms with Crippen molar-refractivity contribution in [3.63, 3.8) is 0 Å². The first-order chi connectivity index (χ1) is 14.6. The van der Waals surface area contributed by atoms with Crippen LogP contribution in [0.25, 0.3) is 21.7 Å². The fraction of sp³-hybridized carbons (Fsp3) is 0.125. The van der Waals surface area contributed by atoms with Gasteiger partial charge in [-0.25, -0.2) is 4.79 Å². The van der Waals surface area contributed by atoms with Crippen molar-refractivity contribution in [2.45, 2.75) is 12.5 Å². The fourth-order valence-corrected chi connectivity index (χ4v) is 4.08. The Balaban J connectivity index is 1.36. The van der Waals surface area contributed by atoms with Gasteiger partial charge < -0.3 is 10.3 Å². The van der Waals surface area contributed by atoms with Crippen molar-refractivity contribution in [3.8, 4) is 0 Å². The first-order valence-electron chi connectivity index (χ1n) is 9.79. The van der Waals surface area contributed by atoms with Crippen LogP contribution < -0.4 is 5.32 Å². The van der Waals surface area contributed by atoms with E-state index in [9.17, 15) is 14.4 Å². The molecule has 0 spiro atoms. The number of carbonyl (C=O) groups is 3. The molecule has 6 heteroatoms. The highest BCUT2D eigenvalue weighted by Crippen LogP contribution is 2.23. The summed E-state index contributed by atoms with van der Waals surface area (Å²) in [4.78, 5) is 42.5. The third kappa shape index (κ3) is 3.03. The van der Waals surface area contributed by atoms with Gasteiger partial charge in [0.1, 0.15) is 6.04 Å². The summed E-state index contributed by atoms with van der Waals surface area (Å²) in [5.74, 6) is -0.637. The Labute approximate surface area is 172 Å². The van der Waals surface area contributed by atoms with Gasteiger partial charge in [-0.05, 0) is 22.4 Å². The fourth-order valence-electron chi connectivity index (χ4n) is 4.08. The molecule has 4 aromatic rings. The average Bonchev–Trinajstić information content (AvgIpc) is 3.29. The van der Waals surface area contributed by atoms with Crippen molar-refractivity contribution in [1.82, 2.24) is 15.2 Å². The molecular weight excluding hydrogens is 378 g/mol. The Hall–Kier alpha value is -3.93. The summed E-state index contributed by atoms with van der Waals surface area (Å²) in [6.07, 6.45) is 2.22. The van der Waals surface area contributed by atoms with Gasteiger partial charge in [-0.1, -0.05) is 60.7 Å². The van der Waals surface area contributed by atoms with Crippen LogP contribution in [-0.4, -0.2) is 40.2 Å². The van der Waals surface area contributed by atoms with Crippen molar-refractivity contribution in [2.24, 2.45) is 0 Å². The maximum Gasteiger partial charge on any atom is 0.325 e. The minimum atomic E-state index is -0.683. The van der Waals surface area contributed by atoms with Gasteiger partial charge in [0.25, 0.3) is 5.91 Å². The number of fused-ring (bicyclic) bond motifs is 2. The van der Waals surface area contributed by atoms with Crippen LogP contribution in [0, 0.1) is 0 Å². The van der Waals surface area contributed by atoms with Gasteiger partial charge in [-0.3, -0.25) is 14.5 Å². The number of imide groups is 1. The topological polar surface area (TPSA) is 82.3 Å². The van der Waals surface area contributed by atoms with E-state index in [1.807, 2.05) is 60.8 Å². The summed E-state index contributed by atoms with van der Waals surface area (Å²) in [7, 11) is 0. The number of carbonyl (C=O) groups excluding carboxylic acids is 3. The van der Waals surface area contributed by atoms with E-state index in [-0.39, 0.29) is 18.2 Å². The van der Waals surface area contributed by atoms with Crippen molar-refractivity contribution < 1.29 is 14.4 Å². The largest absolute Gasteiger partial charge is 0.361 e. The number of amides is 3. The number of rotatable bonds is 5. The minimum Gasteiger partial charge on any atom is -0.361 e. The number of hydrogen-bond acceptors (Lipinski definition) is 3. The van der Waals surface area contributed by atoms with E-state index >= 15 is 0 Å². The first kappa shape index (κ1) is 18.1. The monoisotopic (exact) mass is 397 g/mol. The van der Waals surface area contributed by atoms with E-state index in [0.29, 0.717) is 12.0 Å². The van der Waals surface area contributed by atoms with Gasteiger partial charge in [0.15, 0.2) is 5.78 Å². The molecule has 0 bridgehead atoms. The van der Waals surface area contributed by atoms with Crippen LogP contribution in [0.2, 0.25) is 0 Å². The predicted molar refractivity (Wildman–Crippen MR) is 114 cm³/mol. The highest BCUT2D eigenvalue weighted by molar-refractivity contribution is 6.13. The maximum absolute atomic E-state index is 12.9. The van der Waals surface area contributed by atoms with Crippen molar-refractivity contribution in [1.29, 1.82) is 0 Å². The lowest BCUT2D eigenvalue weighted by Crippen LogP contribution is -2.36. The lowest BCUT2D eigenvalue weighted by molar-refractivity contribution is -0.127. The number of hydrogen-bond donors (Lipinski definition) is 2. The Kier molecular flexibility index (Phi) is 4.32. The van der Waals surface area contributed by atoms with E-state index in [4.69, 9.17) is 0 Å². The SMILES string of the molecule is O=C(CN1C(=O)N[C@H](Cc2c[nH]c3ccccc23)C1=O)c1cccc2ccccc12. The Bertz CT molecular complexity index is 1300. The molecule has 5 rings (SSSR count). The van der Waals surface area contributed by atoms with Gasteiger partial charge in [0.05, 0.1) is 6.54 Å². The Morgan fingerprint density at radius 3 is 2.50 bits per heavy atom. The number of H-pyrrole nitrogens is 1. The highest BCUT2D eigenvalue weighted by Gasteiger charge is 2.39. The summed E-state index contributed by atoms with van der Waals surface area (Å²) in [6.45, 7) is -0.275. The molecule has 1 atom stereocenters. The maximum atomic E-state index is 12.9. The normalized spacial score (nSPS) is 16.4. The molecule has 0 unspecified atom stereocenters. The molecule has 1 aromatic heterocycles. The number of aromatic amines is 1. The molecule has 1 fully saturated rings. The second kappa shape index (κ2) is 7.15. The third-order valence-electron chi connectivity index (χ3n) is 5.60. The quantitative estimate of drug-likeness (QED) is 0.398. The van der Waals surface area contributed by atoms with E-state index in [1.54, 1.807) is 12.1 Å². The number of benzene rings is 3. The van der Waals surface area contributed by atoms with E-state index in [1.165, 1.54) is 0 Å². The molecule has 0 radical (unpaired) electrons. The number of para-hydroxylation sites is 1. The summed E-state index contributed by atoms with van der Waals surface area (Å²) in [6, 6.07) is 19.6. The molecule has 1 aliphatic heterocycles. The summed E-state index contributed by atoms with van der Waals surface area (Å²) >= 11 is 0. The lowest BCUT2D eigenvalue weighted by Gasteiger charge is -2.13. The van der Waals surface area contributed by atoms with Crippen LogP contribution in [0.4, 0.5) is 4.79 Å². The molecule has 6 nitrogen and oxygen atoms in total. The molecule has 1 aliphatic rings. The molecule has 0 saturated carbocycles. The van der Waals surface area contributed by atoms with Crippen molar-refractivity contribution >= 4 is 39.4 Å². The van der Waals surface area contributed by atoms with Crippen LogP contribution in [-0.2, 0) is 11.2 Å². The average molecular weight is 397 g/mol. The molecule has 2 heterocycles. The van der Waals surface area contributed by atoms with Gasteiger partial charge in [0, 0.05) is 29.1 Å². The minimum absolute atomic E-state index is 0.261. The number of nitrogens with zero attached hydrogens (tertiary/aromatic N) is 1. The summed E-state index contributed by atoms with van der Waals surface area (Å²) in [5.41, 5.74) is 2.44. The van der Waals surface area contributed by atoms with Gasteiger partial charge in [-0.2, -0.15) is 0 Å². The van der Waals surface area contributed by atoms with Crippen LogP contribution in [0.3, 0.4) is 0 Å². The van der Waals surface area contributed by atoms with Crippen LogP contribution in [0.15, 0.2) is 72.9 Å². The van der Waals surface area contributed by atoms with Crippen molar-refractivity contribution in [2.75, 3.05) is 6.54 Å². The van der Waals surface area contributed by atoms with Crippen LogP contribution in [0.5, 0.6) is 0 Å². The van der Waals surface area contributed by atoms with E-state index in [2.05, 4.69) is 10.3 Å². The first-order valence-corrected chi connectivity index (χ1v) is 9.79.